The van der Waals surface area contributed by atoms with Crippen molar-refractivity contribution in [1.29, 1.82) is 0 Å². The van der Waals surface area contributed by atoms with Gasteiger partial charge in [-0.2, -0.15) is 9.78 Å². The van der Waals surface area contributed by atoms with Crippen LogP contribution in [0.4, 0.5) is 5.00 Å². The first-order chi connectivity index (χ1) is 16.0. The molecule has 0 atom stereocenters. The summed E-state index contributed by atoms with van der Waals surface area (Å²) in [5.74, 6) is -0.112. The summed E-state index contributed by atoms with van der Waals surface area (Å²) >= 11 is 1.23. The van der Waals surface area contributed by atoms with Crippen LogP contribution in [0.25, 0.3) is 16.5 Å². The van der Waals surface area contributed by atoms with Gasteiger partial charge < -0.3 is 10.1 Å². The van der Waals surface area contributed by atoms with Crippen LogP contribution in [0.15, 0.2) is 34.4 Å². The van der Waals surface area contributed by atoms with Crippen molar-refractivity contribution in [1.82, 2.24) is 9.78 Å². The minimum atomic E-state index is -0.601. The molecule has 1 saturated carbocycles. The first-order valence-corrected chi connectivity index (χ1v) is 12.4. The van der Waals surface area contributed by atoms with Crippen molar-refractivity contribution in [3.8, 4) is 5.69 Å². The Bertz CT molecular complexity index is 1210. The van der Waals surface area contributed by atoms with Gasteiger partial charge in [0.1, 0.15) is 5.00 Å². The van der Waals surface area contributed by atoms with Gasteiger partial charge in [-0.3, -0.25) is 9.59 Å². The second kappa shape index (κ2) is 10.3. The largest absolute Gasteiger partial charge is 0.461 e. The van der Waals surface area contributed by atoms with Gasteiger partial charge in [0.05, 0.1) is 17.7 Å². The van der Waals surface area contributed by atoms with Crippen LogP contribution in [-0.4, -0.2) is 28.3 Å². The highest BCUT2D eigenvalue weighted by molar-refractivity contribution is 7.16. The number of ether oxygens (including phenoxy) is 1. The van der Waals surface area contributed by atoms with Crippen molar-refractivity contribution in [2.45, 2.75) is 58.8 Å². The molecule has 0 bridgehead atoms. The Morgan fingerprint density at radius 1 is 1.18 bits per heavy atom. The summed E-state index contributed by atoms with van der Waals surface area (Å²) in [6.45, 7) is 3.87. The molecule has 7 nitrogen and oxygen atoms in total. The maximum atomic E-state index is 13.4. The van der Waals surface area contributed by atoms with E-state index in [1.165, 1.54) is 48.1 Å². The van der Waals surface area contributed by atoms with E-state index in [-0.39, 0.29) is 29.2 Å². The monoisotopic (exact) mass is 467 g/mol. The molecule has 1 amide bonds. The van der Waals surface area contributed by atoms with Crippen molar-refractivity contribution in [2.75, 3.05) is 11.9 Å². The standard InChI is InChI=1S/C25H29N3O4S/c1-3-32-25(31)22-19-15-33-23(26-20(29)14-11-17-7-5-4-6-8-17)21(19)24(30)28(27-22)18-12-9-16(2)10-13-18/h9-10,12-13,15,17H,3-8,11,14H2,1-2H3,(H,26,29). The number of fused-ring (bicyclic) bond motifs is 1. The molecule has 0 aliphatic heterocycles. The molecule has 0 radical (unpaired) electrons. The Morgan fingerprint density at radius 2 is 1.91 bits per heavy atom. The van der Waals surface area contributed by atoms with Crippen molar-refractivity contribution in [3.05, 3.63) is 51.3 Å². The van der Waals surface area contributed by atoms with Crippen LogP contribution >= 0.6 is 11.3 Å². The number of rotatable bonds is 7. The lowest BCUT2D eigenvalue weighted by molar-refractivity contribution is -0.116. The van der Waals surface area contributed by atoms with E-state index in [4.69, 9.17) is 4.74 Å². The van der Waals surface area contributed by atoms with Crippen LogP contribution in [0.1, 0.15) is 67.9 Å². The zero-order valence-corrected chi connectivity index (χ0v) is 19.9. The van der Waals surface area contributed by atoms with Crippen LogP contribution in [-0.2, 0) is 9.53 Å². The lowest BCUT2D eigenvalue weighted by Crippen LogP contribution is -2.25. The van der Waals surface area contributed by atoms with Crippen molar-refractivity contribution in [2.24, 2.45) is 5.92 Å². The highest BCUT2D eigenvalue weighted by Crippen LogP contribution is 2.32. The Kier molecular flexibility index (Phi) is 7.23. The van der Waals surface area contributed by atoms with Crippen molar-refractivity contribution in [3.63, 3.8) is 0 Å². The van der Waals surface area contributed by atoms with E-state index in [0.717, 1.165) is 12.0 Å². The highest BCUT2D eigenvalue weighted by atomic mass is 32.1. The summed E-state index contributed by atoms with van der Waals surface area (Å²) in [6, 6.07) is 7.30. The van der Waals surface area contributed by atoms with Crippen LogP contribution in [0.3, 0.4) is 0 Å². The fourth-order valence-electron chi connectivity index (χ4n) is 4.35. The van der Waals surface area contributed by atoms with Gasteiger partial charge in [0.25, 0.3) is 5.56 Å². The molecule has 8 heteroatoms. The summed E-state index contributed by atoms with van der Waals surface area (Å²) < 4.78 is 6.39. The molecule has 33 heavy (non-hydrogen) atoms. The summed E-state index contributed by atoms with van der Waals surface area (Å²) in [5, 5.41) is 10.1. The average molecular weight is 468 g/mol. The van der Waals surface area contributed by atoms with Gasteiger partial charge in [0.15, 0.2) is 5.69 Å². The molecular formula is C25H29N3O4S. The van der Waals surface area contributed by atoms with E-state index in [0.29, 0.717) is 28.4 Å². The molecule has 1 fully saturated rings. The third-order valence-corrected chi connectivity index (χ3v) is 7.05. The van der Waals surface area contributed by atoms with E-state index in [1.807, 2.05) is 19.1 Å². The molecule has 1 aliphatic carbocycles. The molecule has 2 aromatic heterocycles. The molecule has 0 unspecified atom stereocenters. The van der Waals surface area contributed by atoms with Gasteiger partial charge >= 0.3 is 5.97 Å². The van der Waals surface area contributed by atoms with Crippen LogP contribution in [0.5, 0.6) is 0 Å². The number of aryl methyl sites for hydroxylation is 1. The second-order valence-corrected chi connectivity index (χ2v) is 9.45. The highest BCUT2D eigenvalue weighted by Gasteiger charge is 2.23. The summed E-state index contributed by atoms with van der Waals surface area (Å²) in [7, 11) is 0. The number of aromatic nitrogens is 2. The van der Waals surface area contributed by atoms with Gasteiger partial charge in [-0.15, -0.1) is 11.3 Å². The van der Waals surface area contributed by atoms with Crippen molar-refractivity contribution >= 4 is 39.0 Å². The molecule has 4 rings (SSSR count). The van der Waals surface area contributed by atoms with Crippen LogP contribution in [0, 0.1) is 12.8 Å². The summed E-state index contributed by atoms with van der Waals surface area (Å²) in [5.41, 5.74) is 1.26. The third-order valence-electron chi connectivity index (χ3n) is 6.16. The number of nitrogens with zero attached hydrogens (tertiary/aromatic N) is 2. The Balaban J connectivity index is 1.68. The molecule has 1 N–H and O–H groups in total. The zero-order chi connectivity index (χ0) is 23.4. The molecule has 1 aliphatic rings. The Hall–Kier alpha value is -3.00. The van der Waals surface area contributed by atoms with E-state index < -0.39 is 5.97 Å². The first kappa shape index (κ1) is 23.2. The number of benzene rings is 1. The number of amides is 1. The summed E-state index contributed by atoms with van der Waals surface area (Å²) in [6.07, 6.45) is 7.42. The number of carbonyl (C=O) groups excluding carboxylic acids is 2. The molecule has 3 aromatic rings. The predicted octanol–water partition coefficient (Wildman–Crippen LogP) is 5.23. The molecule has 1 aromatic carbocycles. The van der Waals surface area contributed by atoms with Gasteiger partial charge in [-0.25, -0.2) is 4.79 Å². The third kappa shape index (κ3) is 5.16. The second-order valence-electron chi connectivity index (χ2n) is 8.57. The Morgan fingerprint density at radius 3 is 2.61 bits per heavy atom. The average Bonchev–Trinajstić information content (AvgIpc) is 3.23. The first-order valence-electron chi connectivity index (χ1n) is 11.6. The number of thiophene rings is 1. The van der Waals surface area contributed by atoms with Crippen molar-refractivity contribution < 1.29 is 14.3 Å². The number of hydrogen-bond acceptors (Lipinski definition) is 6. The number of carbonyl (C=O) groups is 2. The van der Waals surface area contributed by atoms with Gasteiger partial charge in [-0.1, -0.05) is 49.8 Å². The normalized spacial score (nSPS) is 14.4. The van der Waals surface area contributed by atoms with E-state index in [1.54, 1.807) is 24.4 Å². The lowest BCUT2D eigenvalue weighted by atomic mass is 9.86. The topological polar surface area (TPSA) is 90.3 Å². The fraction of sp³-hybridized carbons (Fsp3) is 0.440. The van der Waals surface area contributed by atoms with Gasteiger partial charge in [0.2, 0.25) is 5.91 Å². The van der Waals surface area contributed by atoms with Crippen LogP contribution < -0.4 is 10.9 Å². The predicted molar refractivity (Wildman–Crippen MR) is 130 cm³/mol. The SMILES string of the molecule is CCOC(=O)c1nn(-c2ccc(C)cc2)c(=O)c2c(NC(=O)CCC3CCCCC3)scc12. The fourth-order valence-corrected chi connectivity index (χ4v) is 5.31. The summed E-state index contributed by atoms with van der Waals surface area (Å²) in [4.78, 5) is 38.8. The minimum Gasteiger partial charge on any atom is -0.461 e. The van der Waals surface area contributed by atoms with E-state index in [2.05, 4.69) is 10.4 Å². The van der Waals surface area contributed by atoms with Gasteiger partial charge in [-0.05, 0) is 38.3 Å². The number of esters is 1. The molecule has 0 saturated heterocycles. The number of nitrogens with one attached hydrogen (secondary N) is 1. The molecule has 0 spiro atoms. The Labute approximate surface area is 196 Å². The minimum absolute atomic E-state index is 0.0611. The molecule has 2 heterocycles. The number of anilines is 1. The van der Waals surface area contributed by atoms with Gasteiger partial charge in [0, 0.05) is 17.2 Å². The number of hydrogen-bond donors (Lipinski definition) is 1. The smallest absolute Gasteiger partial charge is 0.359 e. The lowest BCUT2D eigenvalue weighted by Gasteiger charge is -2.20. The molecular weight excluding hydrogens is 438 g/mol. The zero-order valence-electron chi connectivity index (χ0n) is 19.1. The quantitative estimate of drug-likeness (QED) is 0.481. The van der Waals surface area contributed by atoms with Crippen LogP contribution in [0.2, 0.25) is 0 Å². The van der Waals surface area contributed by atoms with E-state index >= 15 is 0 Å². The maximum absolute atomic E-state index is 13.4. The maximum Gasteiger partial charge on any atom is 0.359 e. The van der Waals surface area contributed by atoms with E-state index in [9.17, 15) is 14.4 Å². The molecule has 174 valence electrons.